The zero-order valence-corrected chi connectivity index (χ0v) is 12.2. The summed E-state index contributed by atoms with van der Waals surface area (Å²) in [6.45, 7) is 0. The maximum absolute atomic E-state index is 12.2. The van der Waals surface area contributed by atoms with Crippen molar-refractivity contribution in [1.82, 2.24) is 0 Å². The van der Waals surface area contributed by atoms with E-state index in [1.165, 1.54) is 0 Å². The van der Waals surface area contributed by atoms with E-state index in [4.69, 9.17) is 5.73 Å². The monoisotopic (exact) mass is 323 g/mol. The van der Waals surface area contributed by atoms with Gasteiger partial charge in [0.2, 0.25) is 0 Å². The number of hydrogen-bond acceptors (Lipinski definition) is 2. The van der Waals surface area contributed by atoms with Gasteiger partial charge in [-0.15, -0.1) is 0 Å². The summed E-state index contributed by atoms with van der Waals surface area (Å²) >= 11 is 3.38. The summed E-state index contributed by atoms with van der Waals surface area (Å²) in [6, 6.07) is 17.1. The molecule has 94 valence electrons. The molecule has 0 aromatic heterocycles. The highest BCUT2D eigenvalue weighted by atomic mass is 79.9. The van der Waals surface area contributed by atoms with Crippen molar-refractivity contribution in [3.8, 4) is 0 Å². The van der Waals surface area contributed by atoms with E-state index in [0.29, 0.717) is 5.75 Å². The van der Waals surface area contributed by atoms with Gasteiger partial charge < -0.3 is 5.73 Å². The molecule has 0 saturated heterocycles. The zero-order chi connectivity index (χ0) is 13.0. The van der Waals surface area contributed by atoms with E-state index in [-0.39, 0.29) is 6.04 Å². The summed E-state index contributed by atoms with van der Waals surface area (Å²) in [6.07, 6.45) is 0. The van der Waals surface area contributed by atoms with Gasteiger partial charge in [-0.05, 0) is 23.8 Å². The predicted molar refractivity (Wildman–Crippen MR) is 78.8 cm³/mol. The first-order valence-corrected chi connectivity index (χ1v) is 7.72. The Kier molecular flexibility index (Phi) is 4.69. The van der Waals surface area contributed by atoms with Crippen LogP contribution in [0.5, 0.6) is 0 Å². The van der Waals surface area contributed by atoms with Gasteiger partial charge in [-0.1, -0.05) is 52.3 Å². The van der Waals surface area contributed by atoms with Crippen LogP contribution in [0, 0.1) is 0 Å². The van der Waals surface area contributed by atoms with E-state index in [1.807, 2.05) is 54.6 Å². The van der Waals surface area contributed by atoms with Gasteiger partial charge in [0.25, 0.3) is 0 Å². The van der Waals surface area contributed by atoms with Gasteiger partial charge in [0.15, 0.2) is 0 Å². The second-order valence-electron chi connectivity index (χ2n) is 3.99. The molecule has 2 unspecified atom stereocenters. The van der Waals surface area contributed by atoms with E-state index in [9.17, 15) is 4.21 Å². The molecule has 0 bridgehead atoms. The zero-order valence-electron chi connectivity index (χ0n) is 9.75. The first kappa shape index (κ1) is 13.5. The van der Waals surface area contributed by atoms with Crippen molar-refractivity contribution in [3.05, 3.63) is 64.6 Å². The summed E-state index contributed by atoms with van der Waals surface area (Å²) in [5.41, 5.74) is 7.08. The second-order valence-corrected chi connectivity index (χ2v) is 6.40. The standard InChI is InChI=1S/C14H14BrNOS/c15-12-7-4-8-13(9-12)18(17)10-14(16)11-5-2-1-3-6-11/h1-9,14H,10,16H2. The molecule has 0 fully saturated rings. The van der Waals surface area contributed by atoms with Crippen molar-refractivity contribution in [2.45, 2.75) is 10.9 Å². The lowest BCUT2D eigenvalue weighted by molar-refractivity contribution is 0.675. The van der Waals surface area contributed by atoms with Gasteiger partial charge in [0, 0.05) is 21.2 Å². The molecule has 0 aliphatic heterocycles. The number of halogens is 1. The van der Waals surface area contributed by atoms with Crippen LogP contribution >= 0.6 is 15.9 Å². The topological polar surface area (TPSA) is 43.1 Å². The quantitative estimate of drug-likeness (QED) is 0.938. The summed E-state index contributed by atoms with van der Waals surface area (Å²) in [5.74, 6) is 0.431. The molecular formula is C14H14BrNOS. The highest BCUT2D eigenvalue weighted by molar-refractivity contribution is 9.10. The van der Waals surface area contributed by atoms with Crippen LogP contribution < -0.4 is 5.73 Å². The molecule has 2 aromatic rings. The Morgan fingerprint density at radius 3 is 2.50 bits per heavy atom. The third-order valence-corrected chi connectivity index (χ3v) is 4.55. The Morgan fingerprint density at radius 1 is 1.11 bits per heavy atom. The lowest BCUT2D eigenvalue weighted by Gasteiger charge is -2.11. The minimum absolute atomic E-state index is 0.203. The van der Waals surface area contributed by atoms with E-state index < -0.39 is 10.8 Å². The number of benzene rings is 2. The fraction of sp³-hybridized carbons (Fsp3) is 0.143. The fourth-order valence-corrected chi connectivity index (χ4v) is 3.41. The van der Waals surface area contributed by atoms with Gasteiger partial charge in [-0.3, -0.25) is 4.21 Å². The maximum atomic E-state index is 12.2. The van der Waals surface area contributed by atoms with Gasteiger partial charge in [-0.25, -0.2) is 0 Å². The SMILES string of the molecule is NC(CS(=O)c1cccc(Br)c1)c1ccccc1. The molecule has 0 aliphatic carbocycles. The van der Waals surface area contributed by atoms with E-state index in [1.54, 1.807) is 0 Å². The van der Waals surface area contributed by atoms with Crippen molar-refractivity contribution in [2.75, 3.05) is 5.75 Å². The molecule has 0 saturated carbocycles. The molecule has 0 aliphatic rings. The third kappa shape index (κ3) is 3.51. The van der Waals surface area contributed by atoms with Crippen LogP contribution in [0.25, 0.3) is 0 Å². The maximum Gasteiger partial charge on any atom is 0.0549 e. The Bertz CT molecular complexity index is 545. The Balaban J connectivity index is 2.08. The predicted octanol–water partition coefficient (Wildman–Crippen LogP) is 3.26. The molecule has 2 rings (SSSR count). The minimum atomic E-state index is -1.08. The van der Waals surface area contributed by atoms with Crippen molar-refractivity contribution < 1.29 is 4.21 Å². The first-order chi connectivity index (χ1) is 8.66. The summed E-state index contributed by atoms with van der Waals surface area (Å²) < 4.78 is 13.1. The number of nitrogens with two attached hydrogens (primary N) is 1. The van der Waals surface area contributed by atoms with Gasteiger partial charge >= 0.3 is 0 Å². The van der Waals surface area contributed by atoms with Crippen LogP contribution in [0.4, 0.5) is 0 Å². The van der Waals surface area contributed by atoms with Crippen molar-refractivity contribution in [2.24, 2.45) is 5.73 Å². The third-order valence-electron chi connectivity index (χ3n) is 2.62. The smallest absolute Gasteiger partial charge is 0.0549 e. The molecule has 0 heterocycles. The van der Waals surface area contributed by atoms with Gasteiger partial charge in [0.05, 0.1) is 10.8 Å². The van der Waals surface area contributed by atoms with Crippen LogP contribution in [0.3, 0.4) is 0 Å². The molecule has 2 aromatic carbocycles. The average Bonchev–Trinajstić information content (AvgIpc) is 2.39. The van der Waals surface area contributed by atoms with Crippen LogP contribution in [0.15, 0.2) is 64.0 Å². The Morgan fingerprint density at radius 2 is 1.83 bits per heavy atom. The first-order valence-electron chi connectivity index (χ1n) is 5.61. The van der Waals surface area contributed by atoms with Crippen molar-refractivity contribution >= 4 is 26.7 Å². The minimum Gasteiger partial charge on any atom is -0.323 e. The Hall–Kier alpha value is -0.970. The molecule has 2 N–H and O–H groups in total. The van der Waals surface area contributed by atoms with E-state index in [2.05, 4.69) is 15.9 Å². The molecule has 2 nitrogen and oxygen atoms in total. The average molecular weight is 324 g/mol. The molecule has 0 radical (unpaired) electrons. The van der Waals surface area contributed by atoms with Crippen LogP contribution in [-0.2, 0) is 10.8 Å². The highest BCUT2D eigenvalue weighted by Gasteiger charge is 2.12. The molecular weight excluding hydrogens is 310 g/mol. The summed E-state index contributed by atoms with van der Waals surface area (Å²) in [7, 11) is -1.08. The molecule has 0 spiro atoms. The van der Waals surface area contributed by atoms with Crippen molar-refractivity contribution in [3.63, 3.8) is 0 Å². The van der Waals surface area contributed by atoms with Crippen LogP contribution in [-0.4, -0.2) is 9.96 Å². The largest absolute Gasteiger partial charge is 0.323 e. The van der Waals surface area contributed by atoms with Gasteiger partial charge in [0.1, 0.15) is 0 Å². The lowest BCUT2D eigenvalue weighted by Crippen LogP contribution is -2.18. The highest BCUT2D eigenvalue weighted by Crippen LogP contribution is 2.18. The fourth-order valence-electron chi connectivity index (χ4n) is 1.66. The van der Waals surface area contributed by atoms with Crippen LogP contribution in [0.2, 0.25) is 0 Å². The van der Waals surface area contributed by atoms with Gasteiger partial charge in [-0.2, -0.15) is 0 Å². The second kappa shape index (κ2) is 6.27. The number of rotatable bonds is 4. The lowest BCUT2D eigenvalue weighted by atomic mass is 10.1. The van der Waals surface area contributed by atoms with E-state index in [0.717, 1.165) is 14.9 Å². The Labute approximate surface area is 118 Å². The summed E-state index contributed by atoms with van der Waals surface area (Å²) in [5, 5.41) is 0. The van der Waals surface area contributed by atoms with Crippen LogP contribution in [0.1, 0.15) is 11.6 Å². The molecule has 4 heteroatoms. The molecule has 18 heavy (non-hydrogen) atoms. The van der Waals surface area contributed by atoms with E-state index >= 15 is 0 Å². The van der Waals surface area contributed by atoms with Crippen molar-refractivity contribution in [1.29, 1.82) is 0 Å². The summed E-state index contributed by atoms with van der Waals surface area (Å²) in [4.78, 5) is 0.802. The molecule has 0 amide bonds. The normalized spacial score (nSPS) is 14.1. The molecule has 2 atom stereocenters. The number of hydrogen-bond donors (Lipinski definition) is 1.